The SMILES string of the molecule is CCc1nnc(NC(=O)c2cccc(-n3cnnn3)c2)s1. The second-order valence-electron chi connectivity index (χ2n) is 4.11. The Labute approximate surface area is 123 Å². The van der Waals surface area contributed by atoms with Crippen LogP contribution in [0.4, 0.5) is 5.13 Å². The van der Waals surface area contributed by atoms with Gasteiger partial charge < -0.3 is 0 Å². The van der Waals surface area contributed by atoms with Crippen LogP contribution in [-0.4, -0.2) is 36.3 Å². The van der Waals surface area contributed by atoms with Crippen molar-refractivity contribution in [1.29, 1.82) is 0 Å². The van der Waals surface area contributed by atoms with E-state index in [0.29, 0.717) is 16.4 Å². The molecule has 3 rings (SSSR count). The molecule has 0 radical (unpaired) electrons. The Balaban J connectivity index is 1.80. The Bertz CT molecular complexity index is 753. The first-order valence-electron chi connectivity index (χ1n) is 6.23. The Morgan fingerprint density at radius 2 is 2.29 bits per heavy atom. The summed E-state index contributed by atoms with van der Waals surface area (Å²) in [5.41, 5.74) is 1.20. The van der Waals surface area contributed by atoms with Crippen LogP contribution in [0.2, 0.25) is 0 Å². The first-order chi connectivity index (χ1) is 10.3. The van der Waals surface area contributed by atoms with Crippen molar-refractivity contribution in [2.24, 2.45) is 0 Å². The highest BCUT2D eigenvalue weighted by molar-refractivity contribution is 7.15. The molecule has 2 heterocycles. The number of rotatable bonds is 4. The van der Waals surface area contributed by atoms with Gasteiger partial charge in [0, 0.05) is 5.56 Å². The van der Waals surface area contributed by atoms with Gasteiger partial charge in [0.1, 0.15) is 11.3 Å². The highest BCUT2D eigenvalue weighted by atomic mass is 32.1. The molecule has 0 spiro atoms. The zero-order chi connectivity index (χ0) is 14.7. The molecule has 2 aromatic heterocycles. The third-order valence-corrected chi connectivity index (χ3v) is 3.69. The van der Waals surface area contributed by atoms with Crippen molar-refractivity contribution in [3.63, 3.8) is 0 Å². The number of aromatic nitrogens is 6. The van der Waals surface area contributed by atoms with Gasteiger partial charge in [0.2, 0.25) is 5.13 Å². The number of hydrogen-bond acceptors (Lipinski definition) is 7. The van der Waals surface area contributed by atoms with Crippen molar-refractivity contribution in [2.75, 3.05) is 5.32 Å². The van der Waals surface area contributed by atoms with Gasteiger partial charge in [-0.3, -0.25) is 10.1 Å². The summed E-state index contributed by atoms with van der Waals surface area (Å²) in [6.45, 7) is 1.99. The minimum atomic E-state index is -0.247. The zero-order valence-electron chi connectivity index (χ0n) is 11.1. The van der Waals surface area contributed by atoms with Crippen LogP contribution in [0.1, 0.15) is 22.3 Å². The standard InChI is InChI=1S/C12H11N7OS/c1-2-10-15-16-12(21-10)14-11(20)8-4-3-5-9(6-8)19-7-13-17-18-19/h3-7H,2H2,1H3,(H,14,16,20). The van der Waals surface area contributed by atoms with Gasteiger partial charge in [-0.15, -0.1) is 15.3 Å². The molecule has 9 heteroatoms. The van der Waals surface area contributed by atoms with Crippen LogP contribution in [0, 0.1) is 0 Å². The molecule has 0 aliphatic rings. The van der Waals surface area contributed by atoms with E-state index in [0.717, 1.165) is 11.4 Å². The number of benzene rings is 1. The zero-order valence-corrected chi connectivity index (χ0v) is 11.9. The van der Waals surface area contributed by atoms with E-state index in [-0.39, 0.29) is 5.91 Å². The summed E-state index contributed by atoms with van der Waals surface area (Å²) < 4.78 is 1.48. The fraction of sp³-hybridized carbons (Fsp3) is 0.167. The second kappa shape index (κ2) is 5.75. The van der Waals surface area contributed by atoms with Crippen LogP contribution in [-0.2, 0) is 6.42 Å². The quantitative estimate of drug-likeness (QED) is 0.780. The highest BCUT2D eigenvalue weighted by Crippen LogP contribution is 2.17. The molecule has 1 aromatic carbocycles. The largest absolute Gasteiger partial charge is 0.296 e. The van der Waals surface area contributed by atoms with Crippen LogP contribution >= 0.6 is 11.3 Å². The van der Waals surface area contributed by atoms with Gasteiger partial charge in [-0.1, -0.05) is 24.3 Å². The summed E-state index contributed by atoms with van der Waals surface area (Å²) in [5.74, 6) is -0.247. The fourth-order valence-corrected chi connectivity index (χ4v) is 2.36. The maximum Gasteiger partial charge on any atom is 0.257 e. The van der Waals surface area contributed by atoms with Gasteiger partial charge in [-0.2, -0.15) is 0 Å². The van der Waals surface area contributed by atoms with Crippen molar-refractivity contribution in [3.8, 4) is 5.69 Å². The van der Waals surface area contributed by atoms with E-state index in [1.807, 2.05) is 13.0 Å². The molecule has 3 aromatic rings. The molecule has 0 saturated carbocycles. The van der Waals surface area contributed by atoms with Gasteiger partial charge in [0.15, 0.2) is 0 Å². The summed E-state index contributed by atoms with van der Waals surface area (Å²) in [5, 5.41) is 22.9. The Morgan fingerprint density at radius 3 is 3.00 bits per heavy atom. The molecule has 21 heavy (non-hydrogen) atoms. The van der Waals surface area contributed by atoms with Crippen LogP contribution in [0.3, 0.4) is 0 Å². The lowest BCUT2D eigenvalue weighted by Gasteiger charge is -2.04. The van der Waals surface area contributed by atoms with Crippen molar-refractivity contribution in [1.82, 2.24) is 30.4 Å². The number of hydrogen-bond donors (Lipinski definition) is 1. The maximum absolute atomic E-state index is 12.2. The number of anilines is 1. The van der Waals surface area contributed by atoms with E-state index in [4.69, 9.17) is 0 Å². The second-order valence-corrected chi connectivity index (χ2v) is 5.18. The smallest absolute Gasteiger partial charge is 0.257 e. The normalized spacial score (nSPS) is 10.5. The monoisotopic (exact) mass is 301 g/mol. The maximum atomic E-state index is 12.2. The van der Waals surface area contributed by atoms with Crippen LogP contribution in [0.25, 0.3) is 5.69 Å². The third-order valence-electron chi connectivity index (χ3n) is 2.71. The summed E-state index contributed by atoms with van der Waals surface area (Å²) >= 11 is 1.37. The lowest BCUT2D eigenvalue weighted by Crippen LogP contribution is -2.12. The van der Waals surface area contributed by atoms with Crippen LogP contribution in [0.15, 0.2) is 30.6 Å². The van der Waals surface area contributed by atoms with Gasteiger partial charge in [-0.25, -0.2) is 4.68 Å². The summed E-state index contributed by atoms with van der Waals surface area (Å²) in [6.07, 6.45) is 2.26. The number of carbonyl (C=O) groups is 1. The number of amides is 1. The molecule has 0 fully saturated rings. The molecule has 0 aliphatic heterocycles. The van der Waals surface area contributed by atoms with E-state index in [9.17, 15) is 4.79 Å². The summed E-state index contributed by atoms with van der Waals surface area (Å²) in [7, 11) is 0. The summed E-state index contributed by atoms with van der Waals surface area (Å²) in [6, 6.07) is 7.00. The van der Waals surface area contributed by atoms with Gasteiger partial charge in [-0.05, 0) is 35.0 Å². The number of tetrazole rings is 1. The van der Waals surface area contributed by atoms with E-state index in [1.54, 1.807) is 18.2 Å². The average Bonchev–Trinajstić information content (AvgIpc) is 3.18. The van der Waals surface area contributed by atoms with Crippen LogP contribution in [0.5, 0.6) is 0 Å². The van der Waals surface area contributed by atoms with E-state index >= 15 is 0 Å². The topological polar surface area (TPSA) is 98.5 Å². The molecule has 1 amide bonds. The Morgan fingerprint density at radius 1 is 1.38 bits per heavy atom. The highest BCUT2D eigenvalue weighted by Gasteiger charge is 2.11. The molecular weight excluding hydrogens is 290 g/mol. The molecule has 1 N–H and O–H groups in total. The molecule has 106 valence electrons. The van der Waals surface area contributed by atoms with Crippen molar-refractivity contribution >= 4 is 22.4 Å². The van der Waals surface area contributed by atoms with Crippen LogP contribution < -0.4 is 5.32 Å². The lowest BCUT2D eigenvalue weighted by molar-refractivity contribution is 0.102. The molecular formula is C12H11N7OS. The number of carbonyl (C=O) groups excluding carboxylic acids is 1. The van der Waals surface area contributed by atoms with Gasteiger partial charge >= 0.3 is 0 Å². The molecule has 0 saturated heterocycles. The minimum absolute atomic E-state index is 0.247. The Kier molecular flexibility index (Phi) is 3.65. The number of aryl methyl sites for hydroxylation is 1. The molecule has 0 unspecified atom stereocenters. The lowest BCUT2D eigenvalue weighted by atomic mass is 10.2. The van der Waals surface area contributed by atoms with Gasteiger partial charge in [0.05, 0.1) is 5.69 Å². The number of nitrogens with zero attached hydrogens (tertiary/aromatic N) is 6. The fourth-order valence-electron chi connectivity index (χ4n) is 1.69. The predicted molar refractivity (Wildman–Crippen MR) is 76.4 cm³/mol. The molecule has 0 atom stereocenters. The first kappa shape index (κ1) is 13.3. The van der Waals surface area contributed by atoms with Crippen molar-refractivity contribution in [2.45, 2.75) is 13.3 Å². The van der Waals surface area contributed by atoms with Crippen molar-refractivity contribution in [3.05, 3.63) is 41.2 Å². The van der Waals surface area contributed by atoms with E-state index in [1.165, 1.54) is 22.3 Å². The molecule has 0 aliphatic carbocycles. The molecule has 8 nitrogen and oxygen atoms in total. The number of nitrogens with one attached hydrogen (secondary N) is 1. The van der Waals surface area contributed by atoms with E-state index in [2.05, 4.69) is 31.0 Å². The average molecular weight is 301 g/mol. The van der Waals surface area contributed by atoms with Gasteiger partial charge in [0.25, 0.3) is 5.91 Å². The third kappa shape index (κ3) is 2.92. The minimum Gasteiger partial charge on any atom is -0.296 e. The summed E-state index contributed by atoms with van der Waals surface area (Å²) in [4.78, 5) is 12.2. The first-order valence-corrected chi connectivity index (χ1v) is 7.05. The van der Waals surface area contributed by atoms with E-state index < -0.39 is 0 Å². The predicted octanol–water partition coefficient (Wildman–Crippen LogP) is 1.33. The Hall–Kier alpha value is -2.68. The molecule has 0 bridgehead atoms. The van der Waals surface area contributed by atoms with Crippen molar-refractivity contribution < 1.29 is 4.79 Å².